The number of hydrogen-bond donors (Lipinski definition) is 1. The zero-order valence-electron chi connectivity index (χ0n) is 11.9. The smallest absolute Gasteiger partial charge is 0.264 e. The summed E-state index contributed by atoms with van der Waals surface area (Å²) in [5, 5.41) is 2.63. The lowest BCUT2D eigenvalue weighted by molar-refractivity contribution is 0.0933. The summed E-state index contributed by atoms with van der Waals surface area (Å²) < 4.78 is 41.3. The second kappa shape index (κ2) is 7.20. The molecule has 0 heterocycles. The quantitative estimate of drug-likeness (QED) is 0.807. The Morgan fingerprint density at radius 3 is 2.62 bits per heavy atom. The van der Waals surface area contributed by atoms with Crippen LogP contribution in [0.1, 0.15) is 22.8 Å². The molecule has 1 atom stereocenters. The van der Waals surface area contributed by atoms with E-state index in [4.69, 9.17) is 15.4 Å². The molecule has 1 aromatic carbocycles. The van der Waals surface area contributed by atoms with Crippen LogP contribution in [0.25, 0.3) is 0 Å². The van der Waals surface area contributed by atoms with E-state index in [1.807, 2.05) is 6.92 Å². The minimum Gasteiger partial charge on any atom is -0.384 e. The van der Waals surface area contributed by atoms with Gasteiger partial charge in [0.05, 0.1) is 6.61 Å². The van der Waals surface area contributed by atoms with Gasteiger partial charge in [0.1, 0.15) is 10.7 Å². The van der Waals surface area contributed by atoms with Crippen molar-refractivity contribution in [1.29, 1.82) is 0 Å². The number of rotatable bonds is 6. The molecule has 0 aliphatic carbocycles. The van der Waals surface area contributed by atoms with E-state index in [2.05, 4.69) is 5.32 Å². The summed E-state index contributed by atoms with van der Waals surface area (Å²) in [5.74, 6) is -1.35. The van der Waals surface area contributed by atoms with Gasteiger partial charge in [-0.1, -0.05) is 6.92 Å². The van der Waals surface area contributed by atoms with Crippen molar-refractivity contribution >= 4 is 25.6 Å². The molecule has 21 heavy (non-hydrogen) atoms. The number of carbonyl (C=O) groups excluding carboxylic acids is 1. The summed E-state index contributed by atoms with van der Waals surface area (Å²) in [4.78, 5) is 11.3. The fourth-order valence-electron chi connectivity index (χ4n) is 1.76. The molecule has 1 amide bonds. The number of hydrogen-bond acceptors (Lipinski definition) is 4. The molecule has 1 unspecified atom stereocenters. The Balaban J connectivity index is 2.99. The SMILES string of the molecule is COCC(C)CNC(=O)c1cc(C)c(F)c(S(=O)(=O)Cl)c1. The van der Waals surface area contributed by atoms with Crippen LogP contribution in [0.4, 0.5) is 4.39 Å². The summed E-state index contributed by atoms with van der Waals surface area (Å²) in [5.41, 5.74) is 0.0737. The zero-order valence-corrected chi connectivity index (χ0v) is 13.5. The number of halogens is 2. The van der Waals surface area contributed by atoms with E-state index in [1.165, 1.54) is 13.0 Å². The lowest BCUT2D eigenvalue weighted by Crippen LogP contribution is -2.30. The number of benzene rings is 1. The minimum atomic E-state index is -4.25. The molecule has 8 heteroatoms. The zero-order chi connectivity index (χ0) is 16.2. The van der Waals surface area contributed by atoms with Crippen molar-refractivity contribution in [2.45, 2.75) is 18.7 Å². The van der Waals surface area contributed by atoms with Crippen molar-refractivity contribution < 1.29 is 22.3 Å². The van der Waals surface area contributed by atoms with Gasteiger partial charge in [-0.05, 0) is 30.5 Å². The number of amides is 1. The molecule has 5 nitrogen and oxygen atoms in total. The largest absolute Gasteiger partial charge is 0.384 e. The highest BCUT2D eigenvalue weighted by Gasteiger charge is 2.21. The highest BCUT2D eigenvalue weighted by molar-refractivity contribution is 8.13. The minimum absolute atomic E-state index is 0.0341. The molecule has 0 aromatic heterocycles. The molecule has 0 spiro atoms. The summed E-state index contributed by atoms with van der Waals surface area (Å²) in [7, 11) is 2.47. The first kappa shape index (κ1) is 17.9. The van der Waals surface area contributed by atoms with Gasteiger partial charge in [-0.2, -0.15) is 0 Å². The van der Waals surface area contributed by atoms with Crippen LogP contribution >= 0.6 is 10.7 Å². The van der Waals surface area contributed by atoms with E-state index >= 15 is 0 Å². The fraction of sp³-hybridized carbons (Fsp3) is 0.462. The second-order valence-corrected chi connectivity index (χ2v) is 7.35. The summed E-state index contributed by atoms with van der Waals surface area (Å²) >= 11 is 0. The molecular formula is C13H17ClFNO4S. The molecule has 0 saturated carbocycles. The Labute approximate surface area is 127 Å². The predicted molar refractivity (Wildman–Crippen MR) is 77.5 cm³/mol. The normalized spacial score (nSPS) is 13.0. The van der Waals surface area contributed by atoms with Crippen molar-refractivity contribution in [3.63, 3.8) is 0 Å². The van der Waals surface area contributed by atoms with E-state index in [9.17, 15) is 17.6 Å². The predicted octanol–water partition coefficient (Wildman–Crippen LogP) is 2.07. The van der Waals surface area contributed by atoms with Crippen LogP contribution in [0.5, 0.6) is 0 Å². The molecule has 0 aliphatic heterocycles. The van der Waals surface area contributed by atoms with Gasteiger partial charge < -0.3 is 10.1 Å². The molecule has 0 radical (unpaired) electrons. The van der Waals surface area contributed by atoms with Crippen molar-refractivity contribution in [2.24, 2.45) is 5.92 Å². The van der Waals surface area contributed by atoms with Crippen LogP contribution in [0.3, 0.4) is 0 Å². The maximum absolute atomic E-state index is 13.7. The number of methoxy groups -OCH3 is 1. The molecule has 0 bridgehead atoms. The molecule has 118 valence electrons. The first-order chi connectivity index (χ1) is 9.66. The monoisotopic (exact) mass is 337 g/mol. The highest BCUT2D eigenvalue weighted by atomic mass is 35.7. The van der Waals surface area contributed by atoms with Crippen LogP contribution in [0, 0.1) is 18.7 Å². The Morgan fingerprint density at radius 1 is 1.48 bits per heavy atom. The number of carbonyl (C=O) groups is 1. The van der Waals surface area contributed by atoms with Crippen molar-refractivity contribution in [3.8, 4) is 0 Å². The lowest BCUT2D eigenvalue weighted by Gasteiger charge is -2.12. The standard InChI is InChI=1S/C13H17ClFNO4S/c1-8(7-20-3)6-16-13(17)10-4-9(2)12(15)11(5-10)21(14,18)19/h4-5,8H,6-7H2,1-3H3,(H,16,17). The van der Waals surface area contributed by atoms with E-state index < -0.39 is 25.7 Å². The van der Waals surface area contributed by atoms with Crippen LogP contribution in [-0.2, 0) is 13.8 Å². The van der Waals surface area contributed by atoms with Gasteiger partial charge in [0.25, 0.3) is 15.0 Å². The average Bonchev–Trinajstić information content (AvgIpc) is 2.38. The third-order valence-corrected chi connectivity index (χ3v) is 4.13. The lowest BCUT2D eigenvalue weighted by atomic mass is 10.1. The van der Waals surface area contributed by atoms with Crippen molar-refractivity contribution in [2.75, 3.05) is 20.3 Å². The van der Waals surface area contributed by atoms with Crippen molar-refractivity contribution in [1.82, 2.24) is 5.32 Å². The van der Waals surface area contributed by atoms with Gasteiger partial charge in [0.15, 0.2) is 0 Å². The number of ether oxygens (including phenoxy) is 1. The fourth-order valence-corrected chi connectivity index (χ4v) is 2.74. The van der Waals surface area contributed by atoms with Crippen LogP contribution in [-0.4, -0.2) is 34.6 Å². The van der Waals surface area contributed by atoms with Gasteiger partial charge in [0, 0.05) is 29.9 Å². The van der Waals surface area contributed by atoms with E-state index in [1.54, 1.807) is 7.11 Å². The molecule has 0 saturated heterocycles. The van der Waals surface area contributed by atoms with Gasteiger partial charge in [-0.15, -0.1) is 0 Å². The summed E-state index contributed by atoms with van der Waals surface area (Å²) in [6, 6.07) is 2.21. The van der Waals surface area contributed by atoms with Gasteiger partial charge in [0.2, 0.25) is 0 Å². The second-order valence-electron chi connectivity index (χ2n) is 4.81. The molecule has 1 aromatic rings. The van der Waals surface area contributed by atoms with Crippen molar-refractivity contribution in [3.05, 3.63) is 29.1 Å². The Kier molecular flexibility index (Phi) is 6.12. The third-order valence-electron chi connectivity index (χ3n) is 2.81. The molecule has 0 aliphatic rings. The third kappa shape index (κ3) is 4.94. The molecular weight excluding hydrogens is 321 g/mol. The van der Waals surface area contributed by atoms with Gasteiger partial charge >= 0.3 is 0 Å². The number of nitrogens with one attached hydrogen (secondary N) is 1. The summed E-state index contributed by atoms with van der Waals surface area (Å²) in [6.07, 6.45) is 0. The first-order valence-corrected chi connectivity index (χ1v) is 8.49. The van der Waals surface area contributed by atoms with Crippen LogP contribution in [0.2, 0.25) is 0 Å². The van der Waals surface area contributed by atoms with Crippen LogP contribution in [0.15, 0.2) is 17.0 Å². The Bertz CT molecular complexity index is 633. The van der Waals surface area contributed by atoms with Crippen LogP contribution < -0.4 is 5.32 Å². The Hall–Kier alpha value is -1.18. The summed E-state index contributed by atoms with van der Waals surface area (Å²) in [6.45, 7) is 4.08. The van der Waals surface area contributed by atoms with E-state index in [0.29, 0.717) is 13.2 Å². The number of aryl methyl sites for hydroxylation is 1. The topological polar surface area (TPSA) is 72.5 Å². The average molecular weight is 338 g/mol. The Morgan fingerprint density at radius 2 is 2.10 bits per heavy atom. The van der Waals surface area contributed by atoms with Gasteiger partial charge in [-0.3, -0.25) is 4.79 Å². The van der Waals surface area contributed by atoms with E-state index in [-0.39, 0.29) is 17.0 Å². The maximum Gasteiger partial charge on any atom is 0.264 e. The van der Waals surface area contributed by atoms with E-state index in [0.717, 1.165) is 6.07 Å². The molecule has 0 fully saturated rings. The maximum atomic E-state index is 13.7. The molecule has 1 N–H and O–H groups in total. The molecule has 1 rings (SSSR count). The van der Waals surface area contributed by atoms with Gasteiger partial charge in [-0.25, -0.2) is 12.8 Å². The first-order valence-electron chi connectivity index (χ1n) is 6.18. The highest BCUT2D eigenvalue weighted by Crippen LogP contribution is 2.23.